The van der Waals surface area contributed by atoms with E-state index in [1.165, 1.54) is 6.92 Å². The minimum absolute atomic E-state index is 0.165. The first-order valence-electron chi connectivity index (χ1n) is 4.43. The van der Waals surface area contributed by atoms with Gasteiger partial charge in [0.15, 0.2) is 11.6 Å². The van der Waals surface area contributed by atoms with E-state index in [-0.39, 0.29) is 11.6 Å². The van der Waals surface area contributed by atoms with Crippen molar-refractivity contribution >= 4 is 11.6 Å². The van der Waals surface area contributed by atoms with Gasteiger partial charge in [-0.2, -0.15) is 0 Å². The van der Waals surface area contributed by atoms with Crippen molar-refractivity contribution in [1.82, 2.24) is 5.32 Å². The number of hydrogen-bond donors (Lipinski definition) is 1. The molecule has 0 aliphatic rings. The second-order valence-electron chi connectivity index (χ2n) is 3.06. The van der Waals surface area contributed by atoms with E-state index in [2.05, 4.69) is 5.32 Å². The molecule has 3 heteroatoms. The quantitative estimate of drug-likeness (QED) is 0.571. The van der Waals surface area contributed by atoms with Crippen LogP contribution in [0.2, 0.25) is 0 Å². The lowest BCUT2D eigenvalue weighted by molar-refractivity contribution is -0.117. The van der Waals surface area contributed by atoms with E-state index >= 15 is 0 Å². The Morgan fingerprint density at radius 2 is 1.79 bits per heavy atom. The largest absolute Gasteiger partial charge is 0.304 e. The smallest absolute Gasteiger partial charge is 0.187 e. The van der Waals surface area contributed by atoms with Gasteiger partial charge in [-0.1, -0.05) is 30.3 Å². The Morgan fingerprint density at radius 1 is 1.21 bits per heavy atom. The second kappa shape index (κ2) is 4.67. The third-order valence-electron chi connectivity index (χ3n) is 2.02. The summed E-state index contributed by atoms with van der Waals surface area (Å²) in [7, 11) is 1.60. The Kier molecular flexibility index (Phi) is 3.54. The Labute approximate surface area is 83.1 Å². The molecule has 0 bridgehead atoms. The molecule has 1 N–H and O–H groups in total. The summed E-state index contributed by atoms with van der Waals surface area (Å²) < 4.78 is 0. The number of hydrogen-bond acceptors (Lipinski definition) is 3. The van der Waals surface area contributed by atoms with Crippen LogP contribution in [-0.2, 0) is 4.79 Å². The first-order valence-corrected chi connectivity index (χ1v) is 4.43. The zero-order valence-corrected chi connectivity index (χ0v) is 8.28. The first kappa shape index (κ1) is 10.6. The van der Waals surface area contributed by atoms with Gasteiger partial charge >= 0.3 is 0 Å². The Morgan fingerprint density at radius 3 is 2.21 bits per heavy atom. The van der Waals surface area contributed by atoms with E-state index in [1.54, 1.807) is 31.3 Å². The van der Waals surface area contributed by atoms with E-state index in [1.807, 2.05) is 6.07 Å². The molecular weight excluding hydrogens is 178 g/mol. The maximum atomic E-state index is 11.7. The number of rotatable bonds is 4. The lowest BCUT2D eigenvalue weighted by Crippen LogP contribution is -2.40. The summed E-state index contributed by atoms with van der Waals surface area (Å²) in [5.41, 5.74) is 0.557. The molecular formula is C11H13NO2. The van der Waals surface area contributed by atoms with Crippen molar-refractivity contribution in [1.29, 1.82) is 0 Å². The van der Waals surface area contributed by atoms with Crippen LogP contribution in [0.4, 0.5) is 0 Å². The highest BCUT2D eigenvalue weighted by molar-refractivity contribution is 6.13. The number of carbonyl (C=O) groups is 2. The van der Waals surface area contributed by atoms with Crippen molar-refractivity contribution in [2.45, 2.75) is 13.0 Å². The molecule has 14 heavy (non-hydrogen) atoms. The zero-order chi connectivity index (χ0) is 10.6. The van der Waals surface area contributed by atoms with E-state index in [4.69, 9.17) is 0 Å². The predicted molar refractivity (Wildman–Crippen MR) is 54.3 cm³/mol. The standard InChI is InChI=1S/C11H13NO2/c1-8(13)10(12-2)11(14)9-6-4-3-5-7-9/h3-7,10,12H,1-2H3. The molecule has 0 heterocycles. The molecule has 0 saturated carbocycles. The highest BCUT2D eigenvalue weighted by atomic mass is 16.2. The van der Waals surface area contributed by atoms with Crippen LogP contribution < -0.4 is 5.32 Å². The number of Topliss-reactive ketones (excluding diaryl/α,β-unsaturated/α-hetero) is 2. The lowest BCUT2D eigenvalue weighted by atomic mass is 10.0. The minimum Gasteiger partial charge on any atom is -0.304 e. The topological polar surface area (TPSA) is 46.2 Å². The van der Waals surface area contributed by atoms with Crippen LogP contribution in [0.5, 0.6) is 0 Å². The molecule has 1 unspecified atom stereocenters. The average Bonchev–Trinajstić information content (AvgIpc) is 2.19. The van der Waals surface area contributed by atoms with E-state index < -0.39 is 6.04 Å². The lowest BCUT2D eigenvalue weighted by Gasteiger charge is -2.10. The molecule has 74 valence electrons. The second-order valence-corrected chi connectivity index (χ2v) is 3.06. The fourth-order valence-electron chi connectivity index (χ4n) is 1.29. The van der Waals surface area contributed by atoms with Gasteiger partial charge in [0.05, 0.1) is 0 Å². The number of benzene rings is 1. The monoisotopic (exact) mass is 191 g/mol. The molecule has 0 saturated heterocycles. The van der Waals surface area contributed by atoms with Gasteiger partial charge in [-0.3, -0.25) is 9.59 Å². The molecule has 0 fully saturated rings. The summed E-state index contributed by atoms with van der Waals surface area (Å²) in [5.74, 6) is -0.345. The van der Waals surface area contributed by atoms with Crippen molar-refractivity contribution < 1.29 is 9.59 Å². The normalized spacial score (nSPS) is 12.1. The summed E-state index contributed by atoms with van der Waals surface area (Å²) in [6.45, 7) is 1.40. The number of likely N-dealkylation sites (N-methyl/N-ethyl adjacent to an activating group) is 1. The summed E-state index contributed by atoms with van der Waals surface area (Å²) >= 11 is 0. The molecule has 0 amide bonds. The van der Waals surface area contributed by atoms with Gasteiger partial charge in [0.1, 0.15) is 6.04 Å². The van der Waals surface area contributed by atoms with E-state index in [0.717, 1.165) is 0 Å². The average molecular weight is 191 g/mol. The number of nitrogens with one attached hydrogen (secondary N) is 1. The van der Waals surface area contributed by atoms with Gasteiger partial charge < -0.3 is 5.32 Å². The summed E-state index contributed by atoms with van der Waals surface area (Å²) in [5, 5.41) is 2.70. The SMILES string of the molecule is CNC(C(C)=O)C(=O)c1ccccc1. The highest BCUT2D eigenvalue weighted by Gasteiger charge is 2.21. The molecule has 0 spiro atoms. The minimum atomic E-state index is -0.725. The van der Waals surface area contributed by atoms with Gasteiger partial charge in [0.25, 0.3) is 0 Å². The van der Waals surface area contributed by atoms with Crippen molar-refractivity contribution in [3.05, 3.63) is 35.9 Å². The summed E-state index contributed by atoms with van der Waals surface area (Å²) in [6, 6.07) is 8.07. The molecule has 0 aliphatic heterocycles. The van der Waals surface area contributed by atoms with Crippen molar-refractivity contribution in [3.8, 4) is 0 Å². The van der Waals surface area contributed by atoms with Crippen LogP contribution in [0.3, 0.4) is 0 Å². The third kappa shape index (κ3) is 2.26. The van der Waals surface area contributed by atoms with Crippen LogP contribution in [0.25, 0.3) is 0 Å². The van der Waals surface area contributed by atoms with Crippen LogP contribution in [0.15, 0.2) is 30.3 Å². The Hall–Kier alpha value is -1.48. The first-order chi connectivity index (χ1) is 6.66. The fraction of sp³-hybridized carbons (Fsp3) is 0.273. The fourth-order valence-corrected chi connectivity index (χ4v) is 1.29. The highest BCUT2D eigenvalue weighted by Crippen LogP contribution is 2.03. The molecule has 1 atom stereocenters. The maximum absolute atomic E-state index is 11.7. The van der Waals surface area contributed by atoms with Crippen LogP contribution in [-0.4, -0.2) is 24.7 Å². The van der Waals surface area contributed by atoms with Gasteiger partial charge in [-0.25, -0.2) is 0 Å². The molecule has 0 radical (unpaired) electrons. The van der Waals surface area contributed by atoms with Crippen LogP contribution >= 0.6 is 0 Å². The third-order valence-corrected chi connectivity index (χ3v) is 2.02. The Bertz CT molecular complexity index is 332. The number of carbonyl (C=O) groups excluding carboxylic acids is 2. The predicted octanol–water partition coefficient (Wildman–Crippen LogP) is 1.05. The molecule has 3 nitrogen and oxygen atoms in total. The molecule has 1 rings (SSSR count). The summed E-state index contributed by atoms with van der Waals surface area (Å²) in [4.78, 5) is 22.8. The zero-order valence-electron chi connectivity index (χ0n) is 8.28. The summed E-state index contributed by atoms with van der Waals surface area (Å²) in [6.07, 6.45) is 0. The van der Waals surface area contributed by atoms with Crippen molar-refractivity contribution in [2.24, 2.45) is 0 Å². The molecule has 1 aromatic carbocycles. The van der Waals surface area contributed by atoms with Crippen molar-refractivity contribution in [2.75, 3.05) is 7.05 Å². The van der Waals surface area contributed by atoms with Gasteiger partial charge in [0, 0.05) is 5.56 Å². The van der Waals surface area contributed by atoms with Crippen molar-refractivity contribution in [3.63, 3.8) is 0 Å². The molecule has 1 aromatic rings. The van der Waals surface area contributed by atoms with E-state index in [9.17, 15) is 9.59 Å². The van der Waals surface area contributed by atoms with Gasteiger partial charge in [-0.15, -0.1) is 0 Å². The molecule has 0 aliphatic carbocycles. The number of ketones is 2. The van der Waals surface area contributed by atoms with Gasteiger partial charge in [0.2, 0.25) is 0 Å². The van der Waals surface area contributed by atoms with E-state index in [0.29, 0.717) is 5.56 Å². The van der Waals surface area contributed by atoms with Gasteiger partial charge in [-0.05, 0) is 14.0 Å². The maximum Gasteiger partial charge on any atom is 0.187 e. The van der Waals surface area contributed by atoms with Crippen LogP contribution in [0.1, 0.15) is 17.3 Å². The Balaban J connectivity index is 2.89. The van der Waals surface area contributed by atoms with Crippen LogP contribution in [0, 0.1) is 0 Å². The molecule has 0 aromatic heterocycles.